The molecule has 3 N–H and O–H groups in total. The van der Waals surface area contributed by atoms with Crippen LogP contribution in [-0.2, 0) is 29.6 Å². The molecule has 0 saturated carbocycles. The first-order valence-corrected chi connectivity index (χ1v) is 12.3. The topological polar surface area (TPSA) is 90.6 Å². The van der Waals surface area contributed by atoms with E-state index in [2.05, 4.69) is 5.32 Å². The number of benzene rings is 3. The molecule has 6 nitrogen and oxygen atoms in total. The first-order chi connectivity index (χ1) is 15.8. The van der Waals surface area contributed by atoms with Gasteiger partial charge in [0.05, 0.1) is 16.5 Å². The summed E-state index contributed by atoms with van der Waals surface area (Å²) in [5.74, 6) is 0.665. The molecular formula is C24H26ClFN2O4S. The van der Waals surface area contributed by atoms with Gasteiger partial charge >= 0.3 is 0 Å². The van der Waals surface area contributed by atoms with Gasteiger partial charge in [-0.15, -0.1) is 0 Å². The molecule has 3 rings (SSSR count). The van der Waals surface area contributed by atoms with E-state index in [0.717, 1.165) is 17.5 Å². The highest BCUT2D eigenvalue weighted by atomic mass is 35.5. The van der Waals surface area contributed by atoms with E-state index in [1.165, 1.54) is 18.2 Å². The molecule has 0 heterocycles. The fourth-order valence-corrected chi connectivity index (χ4v) is 3.91. The van der Waals surface area contributed by atoms with Crippen molar-refractivity contribution >= 4 is 21.6 Å². The molecule has 0 atom stereocenters. The van der Waals surface area contributed by atoms with Gasteiger partial charge < -0.3 is 14.8 Å². The standard InChI is InChI=1S/C24H26ClFN2O4S/c1-2-31-24-14-18(8-11-23(24)32-16-20-21(25)4-3-5-22(20)26)15-28-13-12-17-6-9-19(10-7-17)33(27,29)30/h3-11,14,28H,2,12-13,15-16H2,1H3,(H2,27,29,30). The van der Waals surface area contributed by atoms with E-state index in [-0.39, 0.29) is 11.5 Å². The van der Waals surface area contributed by atoms with Crippen molar-refractivity contribution in [1.29, 1.82) is 0 Å². The summed E-state index contributed by atoms with van der Waals surface area (Å²) in [4.78, 5) is 0.0993. The van der Waals surface area contributed by atoms with E-state index in [9.17, 15) is 12.8 Å². The normalized spacial score (nSPS) is 11.4. The second kappa shape index (κ2) is 11.5. The van der Waals surface area contributed by atoms with Crippen LogP contribution in [0.5, 0.6) is 11.5 Å². The number of nitrogens with two attached hydrogens (primary N) is 1. The predicted molar refractivity (Wildman–Crippen MR) is 127 cm³/mol. The zero-order valence-corrected chi connectivity index (χ0v) is 19.8. The Bertz CT molecular complexity index is 1170. The lowest BCUT2D eigenvalue weighted by Gasteiger charge is -2.15. The first-order valence-electron chi connectivity index (χ1n) is 10.4. The van der Waals surface area contributed by atoms with E-state index in [1.807, 2.05) is 19.1 Å². The maximum absolute atomic E-state index is 14.0. The van der Waals surface area contributed by atoms with Crippen molar-refractivity contribution in [3.63, 3.8) is 0 Å². The van der Waals surface area contributed by atoms with Crippen LogP contribution < -0.4 is 19.9 Å². The third kappa shape index (κ3) is 7.17. The lowest BCUT2D eigenvalue weighted by atomic mass is 10.1. The van der Waals surface area contributed by atoms with Crippen LogP contribution in [0.4, 0.5) is 4.39 Å². The van der Waals surface area contributed by atoms with Crippen molar-refractivity contribution in [3.05, 3.63) is 88.2 Å². The maximum atomic E-state index is 14.0. The summed E-state index contributed by atoms with van der Waals surface area (Å²) in [5.41, 5.74) is 2.30. The van der Waals surface area contributed by atoms with Crippen LogP contribution >= 0.6 is 11.6 Å². The van der Waals surface area contributed by atoms with Gasteiger partial charge in [0.2, 0.25) is 10.0 Å². The number of nitrogens with one attached hydrogen (secondary N) is 1. The number of halogens is 2. The molecule has 176 valence electrons. The molecule has 0 radical (unpaired) electrons. The van der Waals surface area contributed by atoms with Crippen molar-refractivity contribution in [2.75, 3.05) is 13.2 Å². The molecule has 33 heavy (non-hydrogen) atoms. The van der Waals surface area contributed by atoms with Crippen LogP contribution in [0.3, 0.4) is 0 Å². The Morgan fingerprint density at radius 2 is 1.73 bits per heavy atom. The molecule has 0 aliphatic carbocycles. The summed E-state index contributed by atoms with van der Waals surface area (Å²) in [5, 5.41) is 8.78. The monoisotopic (exact) mass is 492 g/mol. The molecule has 0 bridgehead atoms. The highest BCUT2D eigenvalue weighted by Gasteiger charge is 2.11. The van der Waals surface area contributed by atoms with Crippen LogP contribution in [0, 0.1) is 5.82 Å². The molecule has 0 aliphatic heterocycles. The molecule has 0 aliphatic rings. The van der Waals surface area contributed by atoms with Crippen LogP contribution in [-0.4, -0.2) is 21.6 Å². The van der Waals surface area contributed by atoms with E-state index < -0.39 is 15.8 Å². The van der Waals surface area contributed by atoms with Crippen LogP contribution in [0.15, 0.2) is 65.6 Å². The molecule has 0 spiro atoms. The fourth-order valence-electron chi connectivity index (χ4n) is 3.18. The Morgan fingerprint density at radius 3 is 2.39 bits per heavy atom. The molecule has 0 saturated heterocycles. The van der Waals surface area contributed by atoms with E-state index in [1.54, 1.807) is 30.3 Å². The number of ether oxygens (including phenoxy) is 2. The van der Waals surface area contributed by atoms with Crippen LogP contribution in [0.2, 0.25) is 5.02 Å². The quantitative estimate of drug-likeness (QED) is 0.386. The molecule has 0 fully saturated rings. The molecule has 9 heteroatoms. The summed E-state index contributed by atoms with van der Waals surface area (Å²) in [6, 6.07) is 16.6. The molecule has 0 amide bonds. The van der Waals surface area contributed by atoms with Crippen LogP contribution in [0.25, 0.3) is 0 Å². The largest absolute Gasteiger partial charge is 0.490 e. The van der Waals surface area contributed by atoms with Gasteiger partial charge in [-0.25, -0.2) is 17.9 Å². The molecule has 0 aromatic heterocycles. The third-order valence-electron chi connectivity index (χ3n) is 4.91. The highest BCUT2D eigenvalue weighted by molar-refractivity contribution is 7.89. The van der Waals surface area contributed by atoms with Gasteiger partial charge in [-0.2, -0.15) is 0 Å². The Balaban J connectivity index is 1.56. The Kier molecular flexibility index (Phi) is 8.68. The summed E-state index contributed by atoms with van der Waals surface area (Å²) in [6.45, 7) is 3.64. The molecule has 3 aromatic rings. The van der Waals surface area contributed by atoms with Crippen molar-refractivity contribution in [1.82, 2.24) is 5.32 Å². The Hall–Kier alpha value is -2.65. The van der Waals surface area contributed by atoms with Crippen molar-refractivity contribution in [3.8, 4) is 11.5 Å². The second-order valence-corrected chi connectivity index (χ2v) is 9.29. The number of sulfonamides is 1. The van der Waals surface area contributed by atoms with Gasteiger partial charge in [0.1, 0.15) is 12.4 Å². The van der Waals surface area contributed by atoms with Gasteiger partial charge in [0.25, 0.3) is 0 Å². The SMILES string of the molecule is CCOc1cc(CNCCc2ccc(S(N)(=O)=O)cc2)ccc1OCc1c(F)cccc1Cl. The summed E-state index contributed by atoms with van der Waals surface area (Å²) >= 11 is 6.07. The van der Waals surface area contributed by atoms with E-state index >= 15 is 0 Å². The lowest BCUT2D eigenvalue weighted by molar-refractivity contribution is 0.265. The number of rotatable bonds is 11. The van der Waals surface area contributed by atoms with E-state index in [4.69, 9.17) is 26.2 Å². The zero-order valence-electron chi connectivity index (χ0n) is 18.2. The average Bonchev–Trinajstić information content (AvgIpc) is 2.77. The number of hydrogen-bond donors (Lipinski definition) is 2. The van der Waals surface area contributed by atoms with Gasteiger partial charge in [-0.05, 0) is 67.4 Å². The van der Waals surface area contributed by atoms with Gasteiger partial charge in [-0.3, -0.25) is 0 Å². The molecule has 0 unspecified atom stereocenters. The summed E-state index contributed by atoms with van der Waals surface area (Å²) in [7, 11) is -3.68. The minimum atomic E-state index is -3.68. The Labute approximate surface area is 198 Å². The summed E-state index contributed by atoms with van der Waals surface area (Å²) in [6.07, 6.45) is 0.730. The second-order valence-electron chi connectivity index (χ2n) is 7.32. The molecule has 3 aromatic carbocycles. The smallest absolute Gasteiger partial charge is 0.238 e. The van der Waals surface area contributed by atoms with Crippen molar-refractivity contribution in [2.24, 2.45) is 5.14 Å². The highest BCUT2D eigenvalue weighted by Crippen LogP contribution is 2.30. The Morgan fingerprint density at radius 1 is 1.00 bits per heavy atom. The van der Waals surface area contributed by atoms with Gasteiger partial charge in [0.15, 0.2) is 11.5 Å². The fraction of sp³-hybridized carbons (Fsp3) is 0.250. The number of hydrogen-bond acceptors (Lipinski definition) is 5. The zero-order chi connectivity index (χ0) is 23.8. The maximum Gasteiger partial charge on any atom is 0.238 e. The molecular weight excluding hydrogens is 467 g/mol. The minimum Gasteiger partial charge on any atom is -0.490 e. The summed E-state index contributed by atoms with van der Waals surface area (Å²) < 4.78 is 48.1. The third-order valence-corrected chi connectivity index (χ3v) is 6.20. The van der Waals surface area contributed by atoms with Crippen LogP contribution in [0.1, 0.15) is 23.6 Å². The minimum absolute atomic E-state index is 0.00652. The van der Waals surface area contributed by atoms with E-state index in [0.29, 0.717) is 41.8 Å². The average molecular weight is 493 g/mol. The van der Waals surface area contributed by atoms with Gasteiger partial charge in [-0.1, -0.05) is 35.9 Å². The number of primary sulfonamides is 1. The predicted octanol–water partition coefficient (Wildman–Crippen LogP) is 4.44. The van der Waals surface area contributed by atoms with Gasteiger partial charge in [0, 0.05) is 12.1 Å². The van der Waals surface area contributed by atoms with Crippen molar-refractivity contribution < 1.29 is 22.3 Å². The first kappa shape index (κ1) is 25.0. The van der Waals surface area contributed by atoms with Crippen molar-refractivity contribution in [2.45, 2.75) is 31.4 Å². The lowest BCUT2D eigenvalue weighted by Crippen LogP contribution is -2.17.